The van der Waals surface area contributed by atoms with Gasteiger partial charge in [0.1, 0.15) is 0 Å². The molecule has 0 bridgehead atoms. The average molecular weight is 236 g/mol. The van der Waals surface area contributed by atoms with Crippen molar-refractivity contribution in [1.82, 2.24) is 0 Å². The van der Waals surface area contributed by atoms with Crippen molar-refractivity contribution in [3.63, 3.8) is 0 Å². The smallest absolute Gasteiger partial charge is 0.450 e. The van der Waals surface area contributed by atoms with Crippen molar-refractivity contribution >= 4 is 6.16 Å². The Morgan fingerprint density at radius 2 is 1.94 bits per heavy atom. The molecule has 1 rings (SSSR count). The molecule has 1 aromatic rings. The van der Waals surface area contributed by atoms with Gasteiger partial charge in [0, 0.05) is 0 Å². The molecule has 3 heteroatoms. The van der Waals surface area contributed by atoms with Gasteiger partial charge in [0.25, 0.3) is 0 Å². The summed E-state index contributed by atoms with van der Waals surface area (Å²) in [7, 11) is 0. The lowest BCUT2D eigenvalue weighted by Crippen LogP contribution is -2.01. The highest BCUT2D eigenvalue weighted by atomic mass is 16.7. The van der Waals surface area contributed by atoms with Gasteiger partial charge in [-0.15, -0.1) is 0 Å². The fourth-order valence-corrected chi connectivity index (χ4v) is 1.84. The fourth-order valence-electron chi connectivity index (χ4n) is 1.84. The lowest BCUT2D eigenvalue weighted by Gasteiger charge is -2.11. The van der Waals surface area contributed by atoms with Gasteiger partial charge in [-0.05, 0) is 24.3 Å². The molecule has 0 aliphatic heterocycles. The summed E-state index contributed by atoms with van der Waals surface area (Å²) in [6.07, 6.45) is 2.90. The minimum absolute atomic E-state index is 0.315. The number of carboxylic acid groups (broad SMARTS) is 1. The van der Waals surface area contributed by atoms with Gasteiger partial charge < -0.3 is 9.84 Å². The van der Waals surface area contributed by atoms with Gasteiger partial charge in [-0.2, -0.15) is 0 Å². The molecule has 17 heavy (non-hydrogen) atoms. The Morgan fingerprint density at radius 3 is 2.59 bits per heavy atom. The van der Waals surface area contributed by atoms with Crippen LogP contribution in [0, 0.1) is 0 Å². The molecule has 0 aromatic heterocycles. The van der Waals surface area contributed by atoms with Gasteiger partial charge >= 0.3 is 6.16 Å². The predicted octanol–water partition coefficient (Wildman–Crippen LogP) is 4.05. The van der Waals surface area contributed by atoms with Crippen LogP contribution in [0.25, 0.3) is 0 Å². The van der Waals surface area contributed by atoms with Crippen LogP contribution in [0.2, 0.25) is 0 Å². The molecule has 1 aromatic carbocycles. The van der Waals surface area contributed by atoms with Crippen LogP contribution < -0.4 is 0 Å². The normalized spacial score (nSPS) is 12.1. The van der Waals surface area contributed by atoms with Gasteiger partial charge in [0.2, 0.25) is 0 Å². The quantitative estimate of drug-likeness (QED) is 0.574. The summed E-state index contributed by atoms with van der Waals surface area (Å²) >= 11 is 0. The van der Waals surface area contributed by atoms with E-state index >= 15 is 0 Å². The summed E-state index contributed by atoms with van der Waals surface area (Å²) < 4.78 is 4.45. The minimum atomic E-state index is -1.18. The highest BCUT2D eigenvalue weighted by Crippen LogP contribution is 2.21. The molecule has 0 saturated carbocycles. The molecular formula is C14H20O3. The van der Waals surface area contributed by atoms with Crippen molar-refractivity contribution in [2.24, 2.45) is 0 Å². The number of rotatable bonds is 7. The van der Waals surface area contributed by atoms with Gasteiger partial charge in [0.15, 0.2) is 0 Å². The first kappa shape index (κ1) is 13.6. The van der Waals surface area contributed by atoms with E-state index in [1.807, 2.05) is 6.07 Å². The van der Waals surface area contributed by atoms with Gasteiger partial charge in [-0.25, -0.2) is 4.79 Å². The van der Waals surface area contributed by atoms with Crippen LogP contribution in [0.3, 0.4) is 0 Å². The molecule has 0 aliphatic carbocycles. The van der Waals surface area contributed by atoms with E-state index in [0.29, 0.717) is 12.5 Å². The zero-order valence-corrected chi connectivity index (χ0v) is 10.3. The van der Waals surface area contributed by atoms with E-state index in [1.54, 1.807) is 0 Å². The van der Waals surface area contributed by atoms with Crippen molar-refractivity contribution in [1.29, 1.82) is 0 Å². The highest BCUT2D eigenvalue weighted by molar-refractivity contribution is 5.56. The molecule has 1 atom stereocenters. The highest BCUT2D eigenvalue weighted by Gasteiger charge is 2.04. The lowest BCUT2D eigenvalue weighted by atomic mass is 9.95. The van der Waals surface area contributed by atoms with Crippen LogP contribution in [0.15, 0.2) is 30.3 Å². The van der Waals surface area contributed by atoms with E-state index in [4.69, 9.17) is 5.11 Å². The number of ether oxygens (including phenoxy) is 1. The van der Waals surface area contributed by atoms with E-state index in [9.17, 15) is 4.79 Å². The molecule has 0 fully saturated rings. The molecule has 94 valence electrons. The second-order valence-corrected chi connectivity index (χ2v) is 4.28. The number of benzene rings is 1. The third-order valence-corrected chi connectivity index (χ3v) is 2.88. The lowest BCUT2D eigenvalue weighted by molar-refractivity contribution is 0.0899. The average Bonchev–Trinajstić information content (AvgIpc) is 2.34. The molecule has 0 amide bonds. The molecule has 0 heterocycles. The molecule has 0 saturated heterocycles. The summed E-state index contributed by atoms with van der Waals surface area (Å²) in [6, 6.07) is 10.5. The zero-order valence-electron chi connectivity index (χ0n) is 10.3. The molecular weight excluding hydrogens is 216 g/mol. The fraction of sp³-hybridized carbons (Fsp3) is 0.500. The molecule has 1 unspecified atom stereocenters. The first-order valence-corrected chi connectivity index (χ1v) is 6.11. The summed E-state index contributed by atoms with van der Waals surface area (Å²) in [6.45, 7) is 2.54. The van der Waals surface area contributed by atoms with E-state index in [2.05, 4.69) is 35.9 Å². The maximum absolute atomic E-state index is 10.1. The van der Waals surface area contributed by atoms with Crippen LogP contribution in [0.1, 0.15) is 44.1 Å². The van der Waals surface area contributed by atoms with Crippen molar-refractivity contribution < 1.29 is 14.6 Å². The third-order valence-electron chi connectivity index (χ3n) is 2.88. The Morgan fingerprint density at radius 1 is 1.24 bits per heavy atom. The second-order valence-electron chi connectivity index (χ2n) is 4.28. The molecule has 0 aliphatic rings. The van der Waals surface area contributed by atoms with Crippen molar-refractivity contribution in [2.45, 2.75) is 38.5 Å². The topological polar surface area (TPSA) is 46.5 Å². The van der Waals surface area contributed by atoms with Gasteiger partial charge in [0.05, 0.1) is 6.61 Å². The number of carbonyl (C=O) groups is 1. The molecule has 3 nitrogen and oxygen atoms in total. The van der Waals surface area contributed by atoms with Crippen LogP contribution in [-0.4, -0.2) is 17.9 Å². The van der Waals surface area contributed by atoms with Gasteiger partial charge in [-0.1, -0.05) is 50.1 Å². The van der Waals surface area contributed by atoms with E-state index in [1.165, 1.54) is 5.56 Å². The van der Waals surface area contributed by atoms with Crippen molar-refractivity contribution in [2.75, 3.05) is 6.61 Å². The number of hydrogen-bond donors (Lipinski definition) is 1. The number of unbranched alkanes of at least 4 members (excludes halogenated alkanes) is 2. The minimum Gasteiger partial charge on any atom is -0.450 e. The zero-order chi connectivity index (χ0) is 12.5. The predicted molar refractivity (Wildman–Crippen MR) is 67.3 cm³/mol. The van der Waals surface area contributed by atoms with Crippen molar-refractivity contribution in [3.8, 4) is 0 Å². The third kappa shape index (κ3) is 5.95. The molecule has 0 radical (unpaired) electrons. The largest absolute Gasteiger partial charge is 0.505 e. The summed E-state index contributed by atoms with van der Waals surface area (Å²) in [5, 5.41) is 8.28. The number of hydrogen-bond acceptors (Lipinski definition) is 2. The van der Waals surface area contributed by atoms with Crippen molar-refractivity contribution in [3.05, 3.63) is 35.9 Å². The van der Waals surface area contributed by atoms with E-state index in [-0.39, 0.29) is 0 Å². The van der Waals surface area contributed by atoms with Crippen LogP contribution >= 0.6 is 0 Å². The Balaban J connectivity index is 2.09. The summed E-state index contributed by atoms with van der Waals surface area (Å²) in [5.41, 5.74) is 1.37. The van der Waals surface area contributed by atoms with E-state index in [0.717, 1.165) is 25.7 Å². The molecule has 1 N–H and O–H groups in total. The first-order chi connectivity index (χ1) is 8.20. The Hall–Kier alpha value is -1.51. The van der Waals surface area contributed by atoms with Gasteiger partial charge in [-0.3, -0.25) is 0 Å². The standard InChI is InChI=1S/C14H20O3/c1-12(13-9-5-2-6-10-13)8-4-3-7-11-17-14(15)16/h2,5-6,9-10,12H,3-4,7-8,11H2,1H3,(H,15,16). The van der Waals surface area contributed by atoms with Crippen LogP contribution in [0.4, 0.5) is 4.79 Å². The van der Waals surface area contributed by atoms with Crippen LogP contribution in [-0.2, 0) is 4.74 Å². The molecule has 0 spiro atoms. The van der Waals surface area contributed by atoms with E-state index < -0.39 is 6.16 Å². The monoisotopic (exact) mass is 236 g/mol. The van der Waals surface area contributed by atoms with Crippen LogP contribution in [0.5, 0.6) is 0 Å². The summed E-state index contributed by atoms with van der Waals surface area (Å²) in [4.78, 5) is 10.1. The second kappa shape index (κ2) is 7.71. The first-order valence-electron chi connectivity index (χ1n) is 6.11. The maximum atomic E-state index is 10.1. The Labute approximate surface area is 102 Å². The SMILES string of the molecule is CC(CCCCCOC(=O)O)c1ccccc1. The summed E-state index contributed by atoms with van der Waals surface area (Å²) in [5.74, 6) is 0.566. The Bertz CT molecular complexity index is 321. The maximum Gasteiger partial charge on any atom is 0.505 e. The Kier molecular flexibility index (Phi) is 6.15.